The fraction of sp³-hybridized carbons (Fsp3) is 0.308. The van der Waals surface area contributed by atoms with Gasteiger partial charge in [-0.25, -0.2) is 9.99 Å². The number of amides is 1. The van der Waals surface area contributed by atoms with Crippen LogP contribution in [0.25, 0.3) is 10.9 Å². The van der Waals surface area contributed by atoms with Gasteiger partial charge in [-0.2, -0.15) is 5.10 Å². The molecule has 176 valence electrons. The Hall–Kier alpha value is -3.45. The average Bonchev–Trinajstić information content (AvgIpc) is 3.24. The molecule has 0 aliphatic carbocycles. The van der Waals surface area contributed by atoms with Crippen molar-refractivity contribution >= 4 is 40.1 Å². The van der Waals surface area contributed by atoms with Gasteiger partial charge in [0, 0.05) is 30.2 Å². The molecule has 7 nitrogen and oxygen atoms in total. The molecule has 0 spiro atoms. The lowest BCUT2D eigenvalue weighted by Crippen LogP contribution is -2.27. The highest BCUT2D eigenvalue weighted by Crippen LogP contribution is 2.38. The first-order chi connectivity index (χ1) is 16.4. The van der Waals surface area contributed by atoms with E-state index in [0.29, 0.717) is 23.7 Å². The average molecular weight is 480 g/mol. The largest absolute Gasteiger partial charge is 0.494 e. The lowest BCUT2D eigenvalue weighted by atomic mass is 9.97. The third kappa shape index (κ3) is 5.20. The van der Waals surface area contributed by atoms with E-state index in [2.05, 4.69) is 10.1 Å². The number of fused-ring (bicyclic) bond motifs is 1. The topological polar surface area (TPSA) is 92.1 Å². The Bertz CT molecular complexity index is 1260. The summed E-state index contributed by atoms with van der Waals surface area (Å²) in [4.78, 5) is 28.6. The van der Waals surface area contributed by atoms with E-state index in [-0.39, 0.29) is 25.2 Å². The molecule has 0 saturated carbocycles. The second-order valence-corrected chi connectivity index (χ2v) is 8.63. The molecule has 0 bridgehead atoms. The van der Waals surface area contributed by atoms with E-state index in [9.17, 15) is 9.59 Å². The highest BCUT2D eigenvalue weighted by Gasteiger charge is 2.34. The molecule has 1 N–H and O–H groups in total. The minimum Gasteiger partial charge on any atom is -0.494 e. The summed E-state index contributed by atoms with van der Waals surface area (Å²) >= 11 is 6.61. The van der Waals surface area contributed by atoms with E-state index in [1.165, 1.54) is 5.01 Å². The van der Waals surface area contributed by atoms with Gasteiger partial charge in [0.1, 0.15) is 10.9 Å². The number of hydrazone groups is 1. The van der Waals surface area contributed by atoms with Crippen LogP contribution >= 0.6 is 11.6 Å². The Kier molecular flexibility index (Phi) is 7.12. The van der Waals surface area contributed by atoms with Crippen LogP contribution in [0.2, 0.25) is 5.15 Å². The number of benzene rings is 2. The monoisotopic (exact) mass is 479 g/mol. The van der Waals surface area contributed by atoms with E-state index >= 15 is 0 Å². The minimum absolute atomic E-state index is 0.0722. The minimum atomic E-state index is -0.929. The Labute approximate surface area is 203 Å². The van der Waals surface area contributed by atoms with Gasteiger partial charge in [-0.15, -0.1) is 0 Å². The van der Waals surface area contributed by atoms with Gasteiger partial charge in [0.25, 0.3) is 0 Å². The van der Waals surface area contributed by atoms with Crippen molar-refractivity contribution in [3.63, 3.8) is 0 Å². The predicted molar refractivity (Wildman–Crippen MR) is 131 cm³/mol. The molecular weight excluding hydrogens is 454 g/mol. The molecule has 1 aromatic heterocycles. The number of halogens is 1. The Morgan fingerprint density at radius 3 is 2.62 bits per heavy atom. The zero-order chi connectivity index (χ0) is 24.2. The smallest absolute Gasteiger partial charge is 0.303 e. The number of hydrogen-bond acceptors (Lipinski definition) is 5. The maximum atomic E-state index is 13.1. The molecule has 1 aliphatic heterocycles. The molecular formula is C26H26ClN3O4. The molecule has 34 heavy (non-hydrogen) atoms. The molecule has 0 radical (unpaired) electrons. The molecule has 2 aromatic carbocycles. The van der Waals surface area contributed by atoms with E-state index in [1.807, 2.05) is 62.4 Å². The van der Waals surface area contributed by atoms with Gasteiger partial charge in [0.15, 0.2) is 0 Å². The highest BCUT2D eigenvalue weighted by atomic mass is 35.5. The van der Waals surface area contributed by atoms with Gasteiger partial charge < -0.3 is 9.84 Å². The number of rotatable bonds is 8. The normalized spacial score (nSPS) is 15.4. The molecule has 2 heterocycles. The zero-order valence-electron chi connectivity index (χ0n) is 19.1. The molecule has 1 atom stereocenters. The predicted octanol–water partition coefficient (Wildman–Crippen LogP) is 5.53. The quantitative estimate of drug-likeness (QED) is 0.429. The highest BCUT2D eigenvalue weighted by molar-refractivity contribution is 6.30. The third-order valence-corrected chi connectivity index (χ3v) is 6.07. The number of aromatic nitrogens is 1. The van der Waals surface area contributed by atoms with Crippen molar-refractivity contribution in [3.05, 3.63) is 70.4 Å². The number of carboxylic acid groups (broad SMARTS) is 1. The van der Waals surface area contributed by atoms with Gasteiger partial charge in [0.05, 0.1) is 23.9 Å². The van der Waals surface area contributed by atoms with E-state index in [4.69, 9.17) is 21.4 Å². The number of carbonyl (C=O) groups excluding carboxylic acids is 1. The summed E-state index contributed by atoms with van der Waals surface area (Å²) in [6.07, 6.45) is 0.734. The molecule has 1 amide bonds. The summed E-state index contributed by atoms with van der Waals surface area (Å²) in [5.41, 5.74) is 4.26. The summed E-state index contributed by atoms with van der Waals surface area (Å²) in [6, 6.07) is 15.1. The number of ether oxygens (including phenoxy) is 1. The number of carboxylic acids is 1. The molecule has 3 aromatic rings. The molecule has 4 rings (SSSR count). The fourth-order valence-corrected chi connectivity index (χ4v) is 4.32. The standard InChI is InChI=1S/C26H26ClN3O4/c1-3-34-19-11-12-21-18(13-19)14-20(26(27)28-21)23-15-22(17-9-7-16(2)8-10-17)29-30(23)24(31)5-4-6-25(32)33/h7-14,23H,3-6,15H2,1-2H3,(H,32,33)/t23-/m1/s1. The van der Waals surface area contributed by atoms with Crippen LogP contribution in [0, 0.1) is 6.92 Å². The Morgan fingerprint density at radius 2 is 1.91 bits per heavy atom. The van der Waals surface area contributed by atoms with Crippen LogP contribution in [-0.4, -0.2) is 39.3 Å². The Balaban J connectivity index is 1.70. The number of nitrogens with zero attached hydrogens (tertiary/aromatic N) is 3. The first kappa shape index (κ1) is 23.7. The summed E-state index contributed by atoms with van der Waals surface area (Å²) in [5.74, 6) is -0.441. The first-order valence-corrected chi connectivity index (χ1v) is 11.6. The number of pyridine rings is 1. The second kappa shape index (κ2) is 10.2. The maximum Gasteiger partial charge on any atom is 0.303 e. The van der Waals surface area contributed by atoms with Crippen molar-refractivity contribution in [2.45, 2.75) is 45.6 Å². The van der Waals surface area contributed by atoms with Gasteiger partial charge in [-0.05, 0) is 50.1 Å². The van der Waals surface area contributed by atoms with Crippen molar-refractivity contribution in [3.8, 4) is 5.75 Å². The van der Waals surface area contributed by atoms with Crippen molar-refractivity contribution in [1.29, 1.82) is 0 Å². The molecule has 8 heteroatoms. The number of hydrogen-bond donors (Lipinski definition) is 1. The van der Waals surface area contributed by atoms with E-state index in [1.54, 1.807) is 0 Å². The number of aryl methyl sites for hydroxylation is 1. The van der Waals surface area contributed by atoms with Crippen LogP contribution in [0.3, 0.4) is 0 Å². The van der Waals surface area contributed by atoms with Crippen LogP contribution in [0.5, 0.6) is 5.75 Å². The summed E-state index contributed by atoms with van der Waals surface area (Å²) in [6.45, 7) is 4.48. The van der Waals surface area contributed by atoms with Gasteiger partial charge in [0.2, 0.25) is 5.91 Å². The SMILES string of the molecule is CCOc1ccc2nc(Cl)c([C@H]3CC(c4ccc(C)cc4)=NN3C(=O)CCCC(=O)O)cc2c1. The fourth-order valence-electron chi connectivity index (χ4n) is 4.05. The molecule has 1 aliphatic rings. The summed E-state index contributed by atoms with van der Waals surface area (Å²) in [7, 11) is 0. The maximum absolute atomic E-state index is 13.1. The van der Waals surface area contributed by atoms with E-state index < -0.39 is 12.0 Å². The first-order valence-electron chi connectivity index (χ1n) is 11.3. The van der Waals surface area contributed by atoms with Crippen molar-refractivity contribution in [2.75, 3.05) is 6.61 Å². The lowest BCUT2D eigenvalue weighted by Gasteiger charge is -2.23. The van der Waals surface area contributed by atoms with Crippen LogP contribution in [-0.2, 0) is 9.59 Å². The van der Waals surface area contributed by atoms with Crippen LogP contribution in [0.1, 0.15) is 55.3 Å². The van der Waals surface area contributed by atoms with Crippen molar-refractivity contribution < 1.29 is 19.4 Å². The second-order valence-electron chi connectivity index (χ2n) is 8.27. The van der Waals surface area contributed by atoms with Gasteiger partial charge in [-0.1, -0.05) is 41.4 Å². The van der Waals surface area contributed by atoms with E-state index in [0.717, 1.165) is 33.5 Å². The lowest BCUT2D eigenvalue weighted by molar-refractivity contribution is -0.137. The zero-order valence-corrected chi connectivity index (χ0v) is 19.9. The van der Waals surface area contributed by atoms with Crippen LogP contribution in [0.15, 0.2) is 53.6 Å². The Morgan fingerprint density at radius 1 is 1.15 bits per heavy atom. The summed E-state index contributed by atoms with van der Waals surface area (Å²) < 4.78 is 5.62. The number of aliphatic carboxylic acids is 1. The molecule has 0 saturated heterocycles. The van der Waals surface area contributed by atoms with Gasteiger partial charge >= 0.3 is 5.97 Å². The summed E-state index contributed by atoms with van der Waals surface area (Å²) in [5, 5.41) is 16.2. The van der Waals surface area contributed by atoms with Crippen LogP contribution in [0.4, 0.5) is 0 Å². The number of carbonyl (C=O) groups is 2. The van der Waals surface area contributed by atoms with Crippen LogP contribution < -0.4 is 4.74 Å². The third-order valence-electron chi connectivity index (χ3n) is 5.77. The molecule has 0 unspecified atom stereocenters. The molecule has 0 fully saturated rings. The van der Waals surface area contributed by atoms with Gasteiger partial charge in [-0.3, -0.25) is 9.59 Å². The van der Waals surface area contributed by atoms with Crippen molar-refractivity contribution in [2.24, 2.45) is 5.10 Å². The van der Waals surface area contributed by atoms with Crippen molar-refractivity contribution in [1.82, 2.24) is 9.99 Å².